The maximum atomic E-state index is 11.1. The zero-order valence-corrected chi connectivity index (χ0v) is 12.8. The largest absolute Gasteiger partial charge is 0.466 e. The lowest BCUT2D eigenvalue weighted by molar-refractivity contribution is -0.143. The van der Waals surface area contributed by atoms with Gasteiger partial charge < -0.3 is 14.8 Å². The Bertz CT molecular complexity index is 279. The minimum absolute atomic E-state index is 0.0708. The summed E-state index contributed by atoms with van der Waals surface area (Å²) in [5, 5.41) is 3.59. The molecule has 112 valence electrons. The average molecular weight is 271 g/mol. The Morgan fingerprint density at radius 3 is 2.63 bits per heavy atom. The van der Waals surface area contributed by atoms with Crippen LogP contribution in [0.25, 0.3) is 0 Å². The molecule has 4 heteroatoms. The van der Waals surface area contributed by atoms with Crippen LogP contribution < -0.4 is 5.32 Å². The highest BCUT2D eigenvalue weighted by Crippen LogP contribution is 2.42. The molecular weight excluding hydrogens is 242 g/mol. The summed E-state index contributed by atoms with van der Waals surface area (Å²) < 4.78 is 10.3. The SMILES string of the molecule is CCOC(=O)CCCCCNC1CC(OC)C1(C)C. The first-order valence-corrected chi connectivity index (χ1v) is 7.44. The van der Waals surface area contributed by atoms with E-state index in [0.29, 0.717) is 25.2 Å². The van der Waals surface area contributed by atoms with Gasteiger partial charge in [0.25, 0.3) is 0 Å². The van der Waals surface area contributed by atoms with Gasteiger partial charge in [0.1, 0.15) is 0 Å². The number of carbonyl (C=O) groups is 1. The fourth-order valence-corrected chi connectivity index (χ4v) is 2.71. The number of esters is 1. The molecule has 0 amide bonds. The van der Waals surface area contributed by atoms with Gasteiger partial charge in [-0.2, -0.15) is 0 Å². The summed E-state index contributed by atoms with van der Waals surface area (Å²) in [6, 6.07) is 0.558. The first kappa shape index (κ1) is 16.4. The van der Waals surface area contributed by atoms with E-state index in [4.69, 9.17) is 9.47 Å². The maximum Gasteiger partial charge on any atom is 0.305 e. The summed E-state index contributed by atoms with van der Waals surface area (Å²) in [5.41, 5.74) is 0.236. The summed E-state index contributed by atoms with van der Waals surface area (Å²) in [5.74, 6) is -0.0708. The number of ether oxygens (including phenoxy) is 2. The molecule has 1 aliphatic rings. The van der Waals surface area contributed by atoms with Gasteiger partial charge in [-0.1, -0.05) is 20.3 Å². The lowest BCUT2D eigenvalue weighted by Gasteiger charge is -2.51. The van der Waals surface area contributed by atoms with E-state index in [2.05, 4.69) is 19.2 Å². The van der Waals surface area contributed by atoms with Crippen molar-refractivity contribution in [2.45, 2.75) is 65.0 Å². The minimum Gasteiger partial charge on any atom is -0.466 e. The van der Waals surface area contributed by atoms with Crippen LogP contribution in [0.3, 0.4) is 0 Å². The van der Waals surface area contributed by atoms with E-state index in [9.17, 15) is 4.79 Å². The summed E-state index contributed by atoms with van der Waals surface area (Å²) in [7, 11) is 1.79. The Morgan fingerprint density at radius 2 is 2.05 bits per heavy atom. The smallest absolute Gasteiger partial charge is 0.305 e. The third-order valence-corrected chi connectivity index (χ3v) is 4.22. The molecule has 0 radical (unpaired) electrons. The third kappa shape index (κ3) is 4.77. The van der Waals surface area contributed by atoms with E-state index in [1.165, 1.54) is 0 Å². The number of rotatable bonds is 9. The lowest BCUT2D eigenvalue weighted by atomic mass is 9.64. The molecule has 0 aliphatic heterocycles. The second-order valence-electron chi connectivity index (χ2n) is 5.90. The summed E-state index contributed by atoms with van der Waals surface area (Å²) in [6.07, 6.45) is 5.15. The van der Waals surface area contributed by atoms with Crippen molar-refractivity contribution in [3.05, 3.63) is 0 Å². The van der Waals surface area contributed by atoms with Gasteiger partial charge >= 0.3 is 5.97 Å². The summed E-state index contributed by atoms with van der Waals surface area (Å²) in [4.78, 5) is 11.1. The topological polar surface area (TPSA) is 47.6 Å². The Morgan fingerprint density at radius 1 is 1.32 bits per heavy atom. The highest BCUT2D eigenvalue weighted by molar-refractivity contribution is 5.69. The Balaban J connectivity index is 1.99. The van der Waals surface area contributed by atoms with Crippen LogP contribution in [-0.2, 0) is 14.3 Å². The van der Waals surface area contributed by atoms with Gasteiger partial charge in [-0.3, -0.25) is 4.79 Å². The fraction of sp³-hybridized carbons (Fsp3) is 0.933. The molecule has 1 rings (SSSR count). The van der Waals surface area contributed by atoms with Crippen molar-refractivity contribution in [1.82, 2.24) is 5.32 Å². The molecule has 4 nitrogen and oxygen atoms in total. The first-order valence-electron chi connectivity index (χ1n) is 7.44. The number of carbonyl (C=O) groups excluding carboxylic acids is 1. The molecular formula is C15H29NO3. The molecule has 0 aromatic carbocycles. The zero-order valence-electron chi connectivity index (χ0n) is 12.8. The van der Waals surface area contributed by atoms with Crippen molar-refractivity contribution in [2.24, 2.45) is 5.41 Å². The van der Waals surface area contributed by atoms with Crippen molar-refractivity contribution in [1.29, 1.82) is 0 Å². The first-order chi connectivity index (χ1) is 9.02. The quantitative estimate of drug-likeness (QED) is 0.517. The second-order valence-corrected chi connectivity index (χ2v) is 5.90. The molecule has 0 aromatic heterocycles. The molecule has 1 fully saturated rings. The van der Waals surface area contributed by atoms with Crippen LogP contribution in [0.2, 0.25) is 0 Å². The van der Waals surface area contributed by atoms with Gasteiger partial charge in [0, 0.05) is 25.0 Å². The molecule has 1 saturated carbocycles. The second kappa shape index (κ2) is 7.85. The standard InChI is InChI=1S/C15H29NO3/c1-5-19-14(17)9-7-6-8-10-16-12-11-13(18-4)15(12,2)3/h12-13,16H,5-11H2,1-4H3. The normalized spacial score (nSPS) is 24.8. The molecule has 0 spiro atoms. The molecule has 0 aromatic rings. The number of methoxy groups -OCH3 is 1. The molecule has 1 N–H and O–H groups in total. The summed E-state index contributed by atoms with van der Waals surface area (Å²) >= 11 is 0. The average Bonchev–Trinajstić information content (AvgIpc) is 2.36. The van der Waals surface area contributed by atoms with Crippen molar-refractivity contribution >= 4 is 5.97 Å². The maximum absolute atomic E-state index is 11.1. The molecule has 1 aliphatic carbocycles. The number of nitrogens with one attached hydrogen (secondary N) is 1. The molecule has 0 bridgehead atoms. The van der Waals surface area contributed by atoms with Crippen molar-refractivity contribution < 1.29 is 14.3 Å². The van der Waals surface area contributed by atoms with E-state index >= 15 is 0 Å². The molecule has 2 atom stereocenters. The van der Waals surface area contributed by atoms with Gasteiger partial charge in [-0.05, 0) is 32.7 Å². The van der Waals surface area contributed by atoms with Crippen molar-refractivity contribution in [3.63, 3.8) is 0 Å². The third-order valence-electron chi connectivity index (χ3n) is 4.22. The predicted octanol–water partition coefficient (Wildman–Crippen LogP) is 2.51. The van der Waals surface area contributed by atoms with E-state index in [1.54, 1.807) is 7.11 Å². The monoisotopic (exact) mass is 271 g/mol. The van der Waals surface area contributed by atoms with Gasteiger partial charge in [-0.25, -0.2) is 0 Å². The van der Waals surface area contributed by atoms with Crippen LogP contribution in [0.1, 0.15) is 52.9 Å². The van der Waals surface area contributed by atoms with Crippen LogP contribution >= 0.6 is 0 Å². The van der Waals surface area contributed by atoms with E-state index in [1.807, 2.05) is 6.92 Å². The van der Waals surface area contributed by atoms with Crippen LogP contribution in [0.5, 0.6) is 0 Å². The van der Waals surface area contributed by atoms with Gasteiger partial charge in [0.05, 0.1) is 12.7 Å². The van der Waals surface area contributed by atoms with Crippen LogP contribution in [0, 0.1) is 5.41 Å². The lowest BCUT2D eigenvalue weighted by Crippen LogP contribution is -2.60. The van der Waals surface area contributed by atoms with E-state index in [0.717, 1.165) is 32.2 Å². The van der Waals surface area contributed by atoms with E-state index < -0.39 is 0 Å². The number of unbranched alkanes of at least 4 members (excludes halogenated alkanes) is 2. The van der Waals surface area contributed by atoms with Gasteiger partial charge in [0.15, 0.2) is 0 Å². The highest BCUT2D eigenvalue weighted by atomic mass is 16.5. The van der Waals surface area contributed by atoms with Crippen LogP contribution in [0.15, 0.2) is 0 Å². The number of hydrogen-bond acceptors (Lipinski definition) is 4. The van der Waals surface area contributed by atoms with Crippen molar-refractivity contribution in [2.75, 3.05) is 20.3 Å². The van der Waals surface area contributed by atoms with Gasteiger partial charge in [-0.15, -0.1) is 0 Å². The molecule has 0 saturated heterocycles. The van der Waals surface area contributed by atoms with Crippen molar-refractivity contribution in [3.8, 4) is 0 Å². The molecule has 0 heterocycles. The minimum atomic E-state index is -0.0708. The number of hydrogen-bond donors (Lipinski definition) is 1. The van der Waals surface area contributed by atoms with E-state index in [-0.39, 0.29) is 11.4 Å². The molecule has 19 heavy (non-hydrogen) atoms. The zero-order chi connectivity index (χ0) is 14.3. The van der Waals surface area contributed by atoms with Crippen LogP contribution in [-0.4, -0.2) is 38.4 Å². The fourth-order valence-electron chi connectivity index (χ4n) is 2.71. The van der Waals surface area contributed by atoms with Crippen LogP contribution in [0.4, 0.5) is 0 Å². The highest BCUT2D eigenvalue weighted by Gasteiger charge is 2.47. The Hall–Kier alpha value is -0.610. The Labute approximate surface area is 117 Å². The summed E-state index contributed by atoms with van der Waals surface area (Å²) in [6.45, 7) is 7.85. The molecule has 2 unspecified atom stereocenters. The predicted molar refractivity (Wildman–Crippen MR) is 76.1 cm³/mol. The van der Waals surface area contributed by atoms with Gasteiger partial charge in [0.2, 0.25) is 0 Å². The Kier molecular flexibility index (Phi) is 6.80.